The second-order valence-corrected chi connectivity index (χ2v) is 13.4. The Kier molecular flexibility index (Phi) is 4.65. The molecule has 1 spiro atoms. The summed E-state index contributed by atoms with van der Waals surface area (Å²) >= 11 is 5.40. The maximum atomic E-state index is 12.1. The number of allylic oxidation sites excluding steroid dienone is 2. The Morgan fingerprint density at radius 1 is 1.07 bits per heavy atom. The van der Waals surface area contributed by atoms with Crippen molar-refractivity contribution in [3.8, 4) is 0 Å². The molecule has 1 N–H and O–H groups in total. The molecule has 3 saturated carbocycles. The molecule has 5 unspecified atom stereocenters. The molecule has 0 aromatic heterocycles. The van der Waals surface area contributed by atoms with Gasteiger partial charge < -0.3 is 9.84 Å². The van der Waals surface area contributed by atoms with Crippen LogP contribution in [0.5, 0.6) is 0 Å². The number of aliphatic hydroxyl groups excluding tert-OH is 1. The average Bonchev–Trinajstić information content (AvgIpc) is 3.17. The Morgan fingerprint density at radius 3 is 2.57 bits per heavy atom. The van der Waals surface area contributed by atoms with Crippen molar-refractivity contribution < 1.29 is 19.4 Å². The van der Waals surface area contributed by atoms with E-state index >= 15 is 0 Å². The highest BCUT2D eigenvalue weighted by atomic mass is 127. The number of carbonyl (C=O) groups excluding carboxylic acids is 2. The van der Waals surface area contributed by atoms with Crippen molar-refractivity contribution in [3.05, 3.63) is 23.8 Å². The summed E-state index contributed by atoms with van der Waals surface area (Å²) in [6, 6.07) is 0. The van der Waals surface area contributed by atoms with Gasteiger partial charge in [0.25, 0.3) is 0 Å². The number of esters is 1. The van der Waals surface area contributed by atoms with Gasteiger partial charge in [0.2, 0.25) is 0 Å². The van der Waals surface area contributed by atoms with Crippen LogP contribution in [-0.4, -0.2) is 35.9 Å². The smallest absolute Gasteiger partial charge is 0.331 e. The molecule has 0 aromatic rings. The summed E-state index contributed by atoms with van der Waals surface area (Å²) in [6.45, 7) is 0.0716. The van der Waals surface area contributed by atoms with Crippen LogP contribution in [0.3, 0.4) is 0 Å². The van der Waals surface area contributed by atoms with Gasteiger partial charge in [0.15, 0.2) is 5.78 Å². The van der Waals surface area contributed by atoms with Gasteiger partial charge in [0.1, 0.15) is 5.60 Å². The summed E-state index contributed by atoms with van der Waals surface area (Å²) in [6.07, 6.45) is 13.9. The number of ketones is 1. The lowest BCUT2D eigenvalue weighted by Gasteiger charge is -2.59. The molecule has 1 aliphatic heterocycles. The Labute approximate surface area is 193 Å². The third-order valence-corrected chi connectivity index (χ3v) is 12.6. The van der Waals surface area contributed by atoms with E-state index in [9.17, 15) is 14.7 Å². The van der Waals surface area contributed by atoms with E-state index in [0.717, 1.165) is 51.4 Å². The van der Waals surface area contributed by atoms with E-state index in [1.54, 1.807) is 6.08 Å². The fourth-order valence-corrected chi connectivity index (χ4v) is 11.7. The summed E-state index contributed by atoms with van der Waals surface area (Å²) in [4.78, 5) is 24.1. The molecule has 0 amide bonds. The molecule has 152 valence electrons. The summed E-state index contributed by atoms with van der Waals surface area (Å²) in [5.74, 6) is 0.833. The van der Waals surface area contributed by atoms with E-state index in [0.29, 0.717) is 18.3 Å². The SMILES string of the molecule is O=C1C=C2CCCC3(I)C(CCC4(CO)C3CC[C@@]43C=CC(=O)O3)C2(I)CC1. The molecule has 0 bridgehead atoms. The van der Waals surface area contributed by atoms with Gasteiger partial charge in [-0.05, 0) is 75.4 Å². The van der Waals surface area contributed by atoms with E-state index in [1.807, 2.05) is 12.2 Å². The van der Waals surface area contributed by atoms with Gasteiger partial charge in [-0.25, -0.2) is 4.79 Å². The van der Waals surface area contributed by atoms with Crippen molar-refractivity contribution in [1.29, 1.82) is 0 Å². The molecule has 6 atom stereocenters. The second kappa shape index (κ2) is 6.52. The Bertz CT molecular complexity index is 806. The fraction of sp³-hybridized carbons (Fsp3) is 0.727. The highest BCUT2D eigenvalue weighted by molar-refractivity contribution is 14.1. The van der Waals surface area contributed by atoms with Crippen LogP contribution >= 0.6 is 45.2 Å². The first-order valence-corrected chi connectivity index (χ1v) is 12.6. The Balaban J connectivity index is 1.60. The normalized spacial score (nSPS) is 49.9. The Morgan fingerprint density at radius 2 is 1.86 bits per heavy atom. The molecule has 3 fully saturated rings. The standard InChI is InChI=1S/C22H26I2O4/c23-21-11-3-15(26)12-14(21)2-1-7-22(24)16-5-9-20(10-6-18(27)28-20)19(16,13-25)8-4-17(21)22/h6,10,12,16-17,25H,1-5,7-9,11,13H2/t16?,17?,19?,20-,21?,22?/m1/s1. The predicted molar refractivity (Wildman–Crippen MR) is 123 cm³/mol. The third-order valence-electron chi connectivity index (χ3n) is 8.57. The maximum absolute atomic E-state index is 12.1. The van der Waals surface area contributed by atoms with Crippen molar-refractivity contribution >= 4 is 56.9 Å². The van der Waals surface area contributed by atoms with Gasteiger partial charge in [0, 0.05) is 24.8 Å². The van der Waals surface area contributed by atoms with Crippen LogP contribution in [0, 0.1) is 17.3 Å². The molecule has 0 radical (unpaired) electrons. The van der Waals surface area contributed by atoms with E-state index in [4.69, 9.17) is 4.74 Å². The number of fused-ring (bicyclic) bond motifs is 6. The van der Waals surface area contributed by atoms with Gasteiger partial charge in [-0.1, -0.05) is 50.8 Å². The first kappa shape index (κ1) is 20.0. The van der Waals surface area contributed by atoms with Crippen LogP contribution in [0.4, 0.5) is 0 Å². The van der Waals surface area contributed by atoms with E-state index in [1.165, 1.54) is 5.57 Å². The molecule has 5 aliphatic rings. The van der Waals surface area contributed by atoms with Crippen LogP contribution in [0.15, 0.2) is 23.8 Å². The number of rotatable bonds is 1. The largest absolute Gasteiger partial charge is 0.451 e. The number of hydrogen-bond acceptors (Lipinski definition) is 4. The first-order chi connectivity index (χ1) is 13.3. The quantitative estimate of drug-likeness (QED) is 0.272. The lowest BCUT2D eigenvalue weighted by Crippen LogP contribution is -2.62. The molecular weight excluding hydrogens is 582 g/mol. The molecule has 0 aromatic carbocycles. The molecule has 0 saturated heterocycles. The van der Waals surface area contributed by atoms with Crippen molar-refractivity contribution in [2.45, 2.75) is 70.2 Å². The zero-order valence-corrected chi connectivity index (χ0v) is 20.2. The molecule has 5 rings (SSSR count). The summed E-state index contributed by atoms with van der Waals surface area (Å²) in [7, 11) is 0. The van der Waals surface area contributed by atoms with Gasteiger partial charge in [-0.15, -0.1) is 0 Å². The van der Waals surface area contributed by atoms with Crippen molar-refractivity contribution in [1.82, 2.24) is 0 Å². The second-order valence-electron chi connectivity index (χ2n) is 9.42. The lowest BCUT2D eigenvalue weighted by atomic mass is 9.53. The number of hydrogen-bond donors (Lipinski definition) is 1. The van der Waals surface area contributed by atoms with Crippen LogP contribution in [0.2, 0.25) is 0 Å². The van der Waals surface area contributed by atoms with Crippen LogP contribution in [0.25, 0.3) is 0 Å². The Hall–Kier alpha value is 0.0400. The summed E-state index contributed by atoms with van der Waals surface area (Å²) < 4.78 is 6.01. The number of carbonyl (C=O) groups is 2. The van der Waals surface area contributed by atoms with Crippen molar-refractivity contribution in [2.24, 2.45) is 17.3 Å². The van der Waals surface area contributed by atoms with Crippen LogP contribution in [0.1, 0.15) is 57.8 Å². The van der Waals surface area contributed by atoms with Crippen molar-refractivity contribution in [3.63, 3.8) is 0 Å². The van der Waals surface area contributed by atoms with E-state index in [-0.39, 0.29) is 30.6 Å². The lowest BCUT2D eigenvalue weighted by molar-refractivity contribution is -0.166. The monoisotopic (exact) mass is 608 g/mol. The number of halogens is 2. The molecule has 28 heavy (non-hydrogen) atoms. The zero-order chi connectivity index (χ0) is 19.8. The fourth-order valence-electron chi connectivity index (χ4n) is 7.36. The minimum absolute atomic E-state index is 0.0446. The maximum Gasteiger partial charge on any atom is 0.331 e. The van der Waals surface area contributed by atoms with Gasteiger partial charge in [0.05, 0.1) is 6.61 Å². The average molecular weight is 608 g/mol. The minimum Gasteiger partial charge on any atom is -0.451 e. The highest BCUT2D eigenvalue weighted by Gasteiger charge is 2.71. The predicted octanol–water partition coefficient (Wildman–Crippen LogP) is 4.46. The van der Waals surface area contributed by atoms with E-state index < -0.39 is 5.60 Å². The molecule has 6 heteroatoms. The number of ether oxygens (including phenoxy) is 1. The van der Waals surface area contributed by atoms with Gasteiger partial charge in [-0.3, -0.25) is 4.79 Å². The van der Waals surface area contributed by atoms with Crippen LogP contribution in [-0.2, 0) is 14.3 Å². The van der Waals surface area contributed by atoms with E-state index in [2.05, 4.69) is 45.2 Å². The zero-order valence-electron chi connectivity index (χ0n) is 15.9. The number of aliphatic hydroxyl groups is 1. The van der Waals surface area contributed by atoms with Gasteiger partial charge >= 0.3 is 5.97 Å². The summed E-state index contributed by atoms with van der Waals surface area (Å²) in [5.41, 5.74) is 0.349. The molecule has 4 aliphatic carbocycles. The van der Waals surface area contributed by atoms with Crippen molar-refractivity contribution in [2.75, 3.05) is 6.61 Å². The highest BCUT2D eigenvalue weighted by Crippen LogP contribution is 2.71. The minimum atomic E-state index is -0.626. The first-order valence-electron chi connectivity index (χ1n) is 10.4. The topological polar surface area (TPSA) is 63.6 Å². The molecule has 4 nitrogen and oxygen atoms in total. The van der Waals surface area contributed by atoms with Gasteiger partial charge in [-0.2, -0.15) is 0 Å². The van der Waals surface area contributed by atoms with Crippen LogP contribution < -0.4 is 0 Å². The third kappa shape index (κ3) is 2.43. The molecular formula is C22H26I2O4. The molecule has 1 heterocycles. The number of alkyl halides is 2. The summed E-state index contributed by atoms with van der Waals surface area (Å²) in [5, 5.41) is 10.7.